The predicted octanol–water partition coefficient (Wildman–Crippen LogP) is 5.34. The largest absolute Gasteiger partial charge is 0.0996 e. The fourth-order valence-electron chi connectivity index (χ4n) is 3.93. The van der Waals surface area contributed by atoms with Gasteiger partial charge in [0.05, 0.1) is 0 Å². The van der Waals surface area contributed by atoms with Gasteiger partial charge in [-0.2, -0.15) is 0 Å². The van der Waals surface area contributed by atoms with Crippen molar-refractivity contribution in [3.05, 3.63) is 12.2 Å². The highest BCUT2D eigenvalue weighted by molar-refractivity contribution is 5.04. The van der Waals surface area contributed by atoms with Crippen LogP contribution in [0.25, 0.3) is 0 Å². The Morgan fingerprint density at radius 1 is 1.00 bits per heavy atom. The van der Waals surface area contributed by atoms with E-state index in [2.05, 4.69) is 13.5 Å². The van der Waals surface area contributed by atoms with Crippen molar-refractivity contribution in [1.29, 1.82) is 0 Å². The van der Waals surface area contributed by atoms with Crippen molar-refractivity contribution in [2.45, 2.75) is 71.1 Å². The average Bonchev–Trinajstić information content (AvgIpc) is 2.33. The predicted molar refractivity (Wildman–Crippen MR) is 71.5 cm³/mol. The van der Waals surface area contributed by atoms with Crippen LogP contribution in [-0.2, 0) is 0 Å². The van der Waals surface area contributed by atoms with Gasteiger partial charge in [-0.15, -0.1) is 0 Å². The molecule has 2 aliphatic carbocycles. The summed E-state index contributed by atoms with van der Waals surface area (Å²) in [4.78, 5) is 0. The molecule has 0 nitrogen and oxygen atoms in total. The minimum Gasteiger partial charge on any atom is -0.0996 e. The van der Waals surface area contributed by atoms with E-state index in [-0.39, 0.29) is 0 Å². The lowest BCUT2D eigenvalue weighted by atomic mass is 9.70. The zero-order valence-electron chi connectivity index (χ0n) is 11.0. The van der Waals surface area contributed by atoms with E-state index in [1.807, 2.05) is 0 Å². The lowest BCUT2D eigenvalue weighted by Gasteiger charge is -2.35. The third-order valence-electron chi connectivity index (χ3n) is 5.06. The second-order valence-corrected chi connectivity index (χ2v) is 6.05. The maximum Gasteiger partial charge on any atom is -0.0203 e. The van der Waals surface area contributed by atoms with Gasteiger partial charge in [0.25, 0.3) is 0 Å². The highest BCUT2D eigenvalue weighted by atomic mass is 14.3. The molecule has 0 heteroatoms. The molecule has 0 aliphatic heterocycles. The molecular weight excluding hydrogens is 192 g/mol. The first kappa shape index (κ1) is 12.2. The van der Waals surface area contributed by atoms with E-state index >= 15 is 0 Å². The van der Waals surface area contributed by atoms with E-state index in [9.17, 15) is 0 Å². The van der Waals surface area contributed by atoms with Crippen LogP contribution in [0.3, 0.4) is 0 Å². The highest BCUT2D eigenvalue weighted by Crippen LogP contribution is 2.40. The van der Waals surface area contributed by atoms with Crippen molar-refractivity contribution in [3.63, 3.8) is 0 Å². The van der Waals surface area contributed by atoms with Gasteiger partial charge in [-0.3, -0.25) is 0 Å². The quantitative estimate of drug-likeness (QED) is 0.563. The Kier molecular flexibility index (Phi) is 4.49. The molecule has 0 aromatic heterocycles. The van der Waals surface area contributed by atoms with Crippen molar-refractivity contribution in [2.24, 2.45) is 17.8 Å². The summed E-state index contributed by atoms with van der Waals surface area (Å²) in [5.41, 5.74) is 1.58. The van der Waals surface area contributed by atoms with E-state index in [0.29, 0.717) is 0 Å². The summed E-state index contributed by atoms with van der Waals surface area (Å²) in [5, 5.41) is 0. The minimum atomic E-state index is 0.880. The third-order valence-corrected chi connectivity index (χ3v) is 5.06. The van der Waals surface area contributed by atoms with Crippen LogP contribution in [0, 0.1) is 17.8 Å². The Hall–Kier alpha value is -0.260. The van der Waals surface area contributed by atoms with Gasteiger partial charge >= 0.3 is 0 Å². The molecule has 0 aromatic carbocycles. The summed E-state index contributed by atoms with van der Waals surface area (Å²) in [6, 6.07) is 0. The number of hydrogen-bond acceptors (Lipinski definition) is 0. The molecule has 2 unspecified atom stereocenters. The van der Waals surface area contributed by atoms with Gasteiger partial charge in [0, 0.05) is 0 Å². The van der Waals surface area contributed by atoms with Crippen LogP contribution in [0.1, 0.15) is 71.1 Å². The van der Waals surface area contributed by atoms with Gasteiger partial charge in [-0.05, 0) is 43.4 Å². The lowest BCUT2D eigenvalue weighted by Crippen LogP contribution is -2.23. The summed E-state index contributed by atoms with van der Waals surface area (Å²) >= 11 is 0. The van der Waals surface area contributed by atoms with Crippen LogP contribution in [0.4, 0.5) is 0 Å². The molecule has 2 aliphatic rings. The molecule has 0 N–H and O–H groups in total. The molecule has 0 heterocycles. The summed E-state index contributed by atoms with van der Waals surface area (Å²) in [7, 11) is 0. The van der Waals surface area contributed by atoms with Gasteiger partial charge in [-0.25, -0.2) is 0 Å². The first-order valence-corrected chi connectivity index (χ1v) is 7.49. The van der Waals surface area contributed by atoms with Gasteiger partial charge in [0.15, 0.2) is 0 Å². The Bertz CT molecular complexity index is 228. The van der Waals surface area contributed by atoms with Gasteiger partial charge in [0.1, 0.15) is 0 Å². The molecular formula is C16H28. The molecule has 0 bridgehead atoms. The molecule has 2 rings (SSSR count). The first-order chi connectivity index (χ1) is 7.81. The van der Waals surface area contributed by atoms with Gasteiger partial charge in [-0.1, -0.05) is 57.6 Å². The van der Waals surface area contributed by atoms with Crippen LogP contribution < -0.4 is 0 Å². The van der Waals surface area contributed by atoms with Crippen LogP contribution in [0.2, 0.25) is 0 Å². The highest BCUT2D eigenvalue weighted by Gasteiger charge is 2.28. The van der Waals surface area contributed by atoms with E-state index in [0.717, 1.165) is 17.8 Å². The zero-order valence-corrected chi connectivity index (χ0v) is 11.0. The first-order valence-electron chi connectivity index (χ1n) is 7.49. The summed E-state index contributed by atoms with van der Waals surface area (Å²) in [6.45, 7) is 6.70. The van der Waals surface area contributed by atoms with E-state index in [1.165, 1.54) is 64.2 Å². The zero-order chi connectivity index (χ0) is 11.4. The molecule has 0 aromatic rings. The van der Waals surface area contributed by atoms with Gasteiger partial charge < -0.3 is 0 Å². The van der Waals surface area contributed by atoms with Crippen LogP contribution in [-0.4, -0.2) is 0 Å². The van der Waals surface area contributed by atoms with Gasteiger partial charge in [0.2, 0.25) is 0 Å². The molecule has 0 amide bonds. The SMILES string of the molecule is C=C1CCCCC1C[C@H]1CCCCC1CC. The fraction of sp³-hybridized carbons (Fsp3) is 0.875. The van der Waals surface area contributed by atoms with Crippen molar-refractivity contribution >= 4 is 0 Å². The molecule has 2 saturated carbocycles. The number of hydrogen-bond donors (Lipinski definition) is 0. The average molecular weight is 220 g/mol. The van der Waals surface area contributed by atoms with Crippen molar-refractivity contribution in [3.8, 4) is 0 Å². The second-order valence-electron chi connectivity index (χ2n) is 6.05. The second kappa shape index (κ2) is 5.89. The monoisotopic (exact) mass is 220 g/mol. The normalized spacial score (nSPS) is 36.3. The molecule has 92 valence electrons. The summed E-state index contributed by atoms with van der Waals surface area (Å²) < 4.78 is 0. The Labute approximate surface area is 102 Å². The van der Waals surface area contributed by atoms with Crippen LogP contribution >= 0.6 is 0 Å². The Morgan fingerprint density at radius 2 is 1.69 bits per heavy atom. The van der Waals surface area contributed by atoms with Crippen molar-refractivity contribution < 1.29 is 0 Å². The molecule has 0 saturated heterocycles. The topological polar surface area (TPSA) is 0 Å². The van der Waals surface area contributed by atoms with Crippen molar-refractivity contribution in [1.82, 2.24) is 0 Å². The lowest BCUT2D eigenvalue weighted by molar-refractivity contribution is 0.190. The van der Waals surface area contributed by atoms with Crippen LogP contribution in [0.15, 0.2) is 12.2 Å². The van der Waals surface area contributed by atoms with E-state index in [4.69, 9.17) is 0 Å². The fourth-order valence-corrected chi connectivity index (χ4v) is 3.93. The summed E-state index contributed by atoms with van der Waals surface area (Å²) in [6.07, 6.45) is 14.5. The molecule has 16 heavy (non-hydrogen) atoms. The minimum absolute atomic E-state index is 0.880. The van der Waals surface area contributed by atoms with E-state index < -0.39 is 0 Å². The number of allylic oxidation sites excluding steroid dienone is 1. The third kappa shape index (κ3) is 2.90. The maximum atomic E-state index is 4.31. The molecule has 3 atom stereocenters. The van der Waals surface area contributed by atoms with Crippen LogP contribution in [0.5, 0.6) is 0 Å². The Balaban J connectivity index is 1.88. The standard InChI is InChI=1S/C16H28/c1-3-14-9-6-7-11-16(14)12-15-10-5-4-8-13(15)2/h14-16H,2-12H2,1H3/t14?,15?,16-/m1/s1. The maximum absolute atomic E-state index is 4.31. The number of rotatable bonds is 3. The molecule has 2 fully saturated rings. The smallest absolute Gasteiger partial charge is 0.0203 e. The summed E-state index contributed by atoms with van der Waals surface area (Å²) in [5.74, 6) is 2.94. The van der Waals surface area contributed by atoms with E-state index in [1.54, 1.807) is 5.57 Å². The molecule has 0 radical (unpaired) electrons. The van der Waals surface area contributed by atoms with Crippen molar-refractivity contribution in [2.75, 3.05) is 0 Å². The Morgan fingerprint density at radius 3 is 2.38 bits per heavy atom. The molecule has 0 spiro atoms.